The highest BCUT2D eigenvalue weighted by Gasteiger charge is 1.93. The molecule has 0 bridgehead atoms. The van der Waals surface area contributed by atoms with E-state index in [0.717, 1.165) is 19.1 Å². The Bertz CT molecular complexity index is 146. The first-order valence-electron chi connectivity index (χ1n) is 9.97. The van der Waals surface area contributed by atoms with Crippen LogP contribution in [0.4, 0.5) is 0 Å². The summed E-state index contributed by atoms with van der Waals surface area (Å²) in [5.41, 5.74) is 0. The van der Waals surface area contributed by atoms with E-state index in [0.29, 0.717) is 0 Å². The lowest BCUT2D eigenvalue weighted by atomic mass is 10.0. The molecule has 0 amide bonds. The number of rotatable bonds is 16. The zero-order valence-electron chi connectivity index (χ0n) is 15.8. The Labute approximate surface area is 146 Å². The van der Waals surface area contributed by atoms with Crippen molar-refractivity contribution < 1.29 is 4.74 Å². The molecule has 0 N–H and O–H groups in total. The molecule has 0 saturated carbocycles. The fourth-order valence-corrected chi connectivity index (χ4v) is 2.68. The summed E-state index contributed by atoms with van der Waals surface area (Å²) >= 11 is 5.64. The van der Waals surface area contributed by atoms with Crippen molar-refractivity contribution in [2.75, 3.05) is 19.1 Å². The molecule has 0 saturated heterocycles. The van der Waals surface area contributed by atoms with Gasteiger partial charge in [-0.1, -0.05) is 90.4 Å². The van der Waals surface area contributed by atoms with Gasteiger partial charge in [0.15, 0.2) is 0 Å². The van der Waals surface area contributed by atoms with Crippen molar-refractivity contribution in [1.82, 2.24) is 0 Å². The summed E-state index contributed by atoms with van der Waals surface area (Å²) in [4.78, 5) is 0. The van der Waals surface area contributed by atoms with Crippen LogP contribution < -0.4 is 0 Å². The second kappa shape index (κ2) is 26.2. The smallest absolute Gasteiger partial charge is 0.0437 e. The van der Waals surface area contributed by atoms with Crippen LogP contribution in [0.2, 0.25) is 0 Å². The third-order valence-electron chi connectivity index (χ3n) is 3.90. The van der Waals surface area contributed by atoms with Crippen molar-refractivity contribution in [3.05, 3.63) is 0 Å². The molecule has 136 valence electrons. The van der Waals surface area contributed by atoms with Gasteiger partial charge in [0.25, 0.3) is 0 Å². The molecule has 2 heteroatoms. The zero-order valence-corrected chi connectivity index (χ0v) is 16.6. The molecule has 0 spiro atoms. The molecule has 0 aromatic carbocycles. The molecule has 0 aromatic heterocycles. The predicted octanol–water partition coefficient (Wildman–Crippen LogP) is 7.75. The van der Waals surface area contributed by atoms with Gasteiger partial charge in [-0.05, 0) is 20.3 Å². The first-order valence-corrected chi connectivity index (χ1v) is 10.5. The minimum atomic E-state index is 0.844. The third kappa shape index (κ3) is 28.4. The van der Waals surface area contributed by atoms with Crippen molar-refractivity contribution in [1.29, 1.82) is 0 Å². The van der Waals surface area contributed by atoms with Crippen molar-refractivity contribution in [3.63, 3.8) is 0 Å². The summed E-state index contributed by atoms with van der Waals surface area (Å²) in [5.74, 6) is 0.845. The van der Waals surface area contributed by atoms with E-state index in [1.807, 2.05) is 13.8 Å². The Morgan fingerprint density at radius 2 is 0.818 bits per heavy atom. The first kappa shape index (κ1) is 24.5. The van der Waals surface area contributed by atoms with E-state index in [1.165, 1.54) is 89.9 Å². The molecule has 22 heavy (non-hydrogen) atoms. The standard InChI is InChI=1S/C16H33Cl.C4H10O/c1-2-3-4-5-6-7-8-9-10-11-12-13-14-15-16-17;1-3-5-4-2/h2-16H2,1H3;3-4H2,1-2H3. The van der Waals surface area contributed by atoms with Crippen LogP contribution in [0, 0.1) is 0 Å². The Hall–Kier alpha value is 0.250. The Morgan fingerprint density at radius 1 is 0.500 bits per heavy atom. The Morgan fingerprint density at radius 3 is 1.05 bits per heavy atom. The van der Waals surface area contributed by atoms with Crippen molar-refractivity contribution in [2.24, 2.45) is 0 Å². The lowest BCUT2D eigenvalue weighted by molar-refractivity contribution is 0.162. The predicted molar refractivity (Wildman–Crippen MR) is 103 cm³/mol. The molecule has 0 heterocycles. The molecular formula is C20H43ClO. The average Bonchev–Trinajstić information content (AvgIpc) is 2.53. The monoisotopic (exact) mass is 334 g/mol. The molecule has 0 aliphatic rings. The van der Waals surface area contributed by atoms with Gasteiger partial charge < -0.3 is 4.74 Å². The van der Waals surface area contributed by atoms with Gasteiger partial charge in [0.2, 0.25) is 0 Å². The second-order valence-electron chi connectivity index (χ2n) is 6.07. The molecule has 1 nitrogen and oxygen atoms in total. The maximum Gasteiger partial charge on any atom is 0.0437 e. The van der Waals surface area contributed by atoms with E-state index in [4.69, 9.17) is 16.3 Å². The fraction of sp³-hybridized carbons (Fsp3) is 1.00. The summed E-state index contributed by atoms with van der Waals surface area (Å²) in [7, 11) is 0. The zero-order chi connectivity index (χ0) is 16.7. The number of halogens is 1. The molecule has 0 aromatic rings. The summed E-state index contributed by atoms with van der Waals surface area (Å²) in [5, 5.41) is 0. The molecule has 0 aliphatic carbocycles. The van der Waals surface area contributed by atoms with Gasteiger partial charge in [0.05, 0.1) is 0 Å². The van der Waals surface area contributed by atoms with E-state index in [2.05, 4.69) is 6.92 Å². The molecule has 0 unspecified atom stereocenters. The van der Waals surface area contributed by atoms with Crippen LogP contribution in [0.25, 0.3) is 0 Å². The highest BCUT2D eigenvalue weighted by molar-refractivity contribution is 6.17. The van der Waals surface area contributed by atoms with E-state index in [1.54, 1.807) is 0 Å². The average molecular weight is 335 g/mol. The van der Waals surface area contributed by atoms with Gasteiger partial charge in [-0.2, -0.15) is 0 Å². The lowest BCUT2D eigenvalue weighted by Crippen LogP contribution is -1.84. The van der Waals surface area contributed by atoms with Crippen molar-refractivity contribution in [2.45, 2.75) is 111 Å². The van der Waals surface area contributed by atoms with E-state index >= 15 is 0 Å². The molecule has 0 radical (unpaired) electrons. The van der Waals surface area contributed by atoms with Crippen LogP contribution in [0.3, 0.4) is 0 Å². The number of hydrogen-bond acceptors (Lipinski definition) is 1. The van der Waals surface area contributed by atoms with E-state index in [9.17, 15) is 0 Å². The molecule has 0 atom stereocenters. The minimum absolute atomic E-state index is 0.844. The van der Waals surface area contributed by atoms with Crippen LogP contribution in [0.1, 0.15) is 111 Å². The summed E-state index contributed by atoms with van der Waals surface area (Å²) in [6.45, 7) is 7.95. The SMILES string of the molecule is CCCCCCCCCCCCCCCCCl.CCOCC. The molecular weight excluding hydrogens is 292 g/mol. The number of hydrogen-bond donors (Lipinski definition) is 0. The fourth-order valence-electron chi connectivity index (χ4n) is 2.49. The third-order valence-corrected chi connectivity index (χ3v) is 4.16. The largest absolute Gasteiger partial charge is 0.382 e. The van der Waals surface area contributed by atoms with Crippen molar-refractivity contribution >= 4 is 11.6 Å². The van der Waals surface area contributed by atoms with Gasteiger partial charge in [0, 0.05) is 19.1 Å². The highest BCUT2D eigenvalue weighted by Crippen LogP contribution is 2.12. The van der Waals surface area contributed by atoms with Gasteiger partial charge in [0.1, 0.15) is 0 Å². The van der Waals surface area contributed by atoms with Gasteiger partial charge in [-0.15, -0.1) is 11.6 Å². The lowest BCUT2D eigenvalue weighted by Gasteiger charge is -2.02. The number of alkyl halides is 1. The topological polar surface area (TPSA) is 9.23 Å². The van der Waals surface area contributed by atoms with Gasteiger partial charge in [-0.25, -0.2) is 0 Å². The van der Waals surface area contributed by atoms with Crippen LogP contribution >= 0.6 is 11.6 Å². The molecule has 0 aliphatic heterocycles. The quantitative estimate of drug-likeness (QED) is 0.207. The van der Waals surface area contributed by atoms with Crippen LogP contribution in [0.5, 0.6) is 0 Å². The van der Waals surface area contributed by atoms with Crippen molar-refractivity contribution in [3.8, 4) is 0 Å². The molecule has 0 fully saturated rings. The van der Waals surface area contributed by atoms with E-state index < -0.39 is 0 Å². The summed E-state index contributed by atoms with van der Waals surface area (Å²) < 4.78 is 4.83. The summed E-state index contributed by atoms with van der Waals surface area (Å²) in [6, 6.07) is 0. The summed E-state index contributed by atoms with van der Waals surface area (Å²) in [6.07, 6.45) is 19.8. The van der Waals surface area contributed by atoms with Crippen LogP contribution in [0.15, 0.2) is 0 Å². The first-order chi connectivity index (χ1) is 10.8. The molecule has 0 rings (SSSR count). The van der Waals surface area contributed by atoms with E-state index in [-0.39, 0.29) is 0 Å². The number of ether oxygens (including phenoxy) is 1. The van der Waals surface area contributed by atoms with Gasteiger partial charge in [-0.3, -0.25) is 0 Å². The van der Waals surface area contributed by atoms with Crippen LogP contribution in [-0.2, 0) is 4.74 Å². The Balaban J connectivity index is 0. The minimum Gasteiger partial charge on any atom is -0.382 e. The maximum atomic E-state index is 5.64. The Kier molecular flexibility index (Phi) is 29.1. The number of unbranched alkanes of at least 4 members (excludes halogenated alkanes) is 13. The second-order valence-corrected chi connectivity index (χ2v) is 6.44. The normalized spacial score (nSPS) is 10.4. The van der Waals surface area contributed by atoms with Gasteiger partial charge >= 0.3 is 0 Å². The highest BCUT2D eigenvalue weighted by atomic mass is 35.5. The maximum absolute atomic E-state index is 5.64. The van der Waals surface area contributed by atoms with Crippen LogP contribution in [-0.4, -0.2) is 19.1 Å².